The second kappa shape index (κ2) is 4.67. The lowest BCUT2D eigenvalue weighted by Gasteiger charge is -2.02. The zero-order chi connectivity index (χ0) is 11.5. The van der Waals surface area contributed by atoms with E-state index < -0.39 is 0 Å². The van der Waals surface area contributed by atoms with Gasteiger partial charge in [-0.25, -0.2) is 4.98 Å². The molecule has 0 saturated heterocycles. The highest BCUT2D eigenvalue weighted by Crippen LogP contribution is 2.18. The third-order valence-corrected chi connectivity index (χ3v) is 2.82. The van der Waals surface area contributed by atoms with Crippen molar-refractivity contribution in [3.05, 3.63) is 46.5 Å². The summed E-state index contributed by atoms with van der Waals surface area (Å²) >= 11 is 9.28. The average molecular weight is 249 g/mol. The van der Waals surface area contributed by atoms with Gasteiger partial charge < -0.3 is 0 Å². The van der Waals surface area contributed by atoms with Crippen molar-refractivity contribution in [1.82, 2.24) is 15.2 Å². The molecule has 0 atom stereocenters. The van der Waals surface area contributed by atoms with Crippen molar-refractivity contribution in [3.8, 4) is 0 Å². The Balaban J connectivity index is 2.25. The first-order chi connectivity index (χ1) is 7.69. The molecule has 0 bridgehead atoms. The molecule has 2 rings (SSSR count). The third kappa shape index (κ3) is 2.43. The Morgan fingerprint density at radius 1 is 1.44 bits per heavy atom. The number of nitrogens with zero attached hydrogens (tertiary/aromatic N) is 1. The van der Waals surface area contributed by atoms with Gasteiger partial charge in [-0.05, 0) is 29.4 Å². The highest BCUT2D eigenvalue weighted by molar-refractivity contribution is 7.80. The Labute approximate surface area is 104 Å². The zero-order valence-corrected chi connectivity index (χ0v) is 10.2. The summed E-state index contributed by atoms with van der Waals surface area (Å²) in [5, 5.41) is 5.69. The Morgan fingerprint density at radius 3 is 2.81 bits per heavy atom. The minimum atomic E-state index is 0.476. The summed E-state index contributed by atoms with van der Waals surface area (Å²) < 4.78 is 0.476. The summed E-state index contributed by atoms with van der Waals surface area (Å²) in [6.07, 6.45) is 2.49. The standard InChI is InChI=1S/C11H11N3S2/c1-2-8-4-3-7(5-9(8)15)6-10-12-11(16)14-13-10/h2-5,15H,1,6H2,(H2,12,13,14,16). The largest absolute Gasteiger partial charge is 0.285 e. The smallest absolute Gasteiger partial charge is 0.213 e. The van der Waals surface area contributed by atoms with E-state index in [4.69, 9.17) is 12.2 Å². The minimum absolute atomic E-state index is 0.476. The van der Waals surface area contributed by atoms with Gasteiger partial charge in [-0.3, -0.25) is 10.2 Å². The molecular formula is C11H11N3S2. The normalized spacial score (nSPS) is 10.3. The molecule has 1 heterocycles. The molecule has 3 nitrogen and oxygen atoms in total. The van der Waals surface area contributed by atoms with Crippen molar-refractivity contribution in [1.29, 1.82) is 0 Å². The highest BCUT2D eigenvalue weighted by Gasteiger charge is 2.01. The van der Waals surface area contributed by atoms with Crippen LogP contribution in [0.3, 0.4) is 0 Å². The molecule has 0 saturated carbocycles. The first-order valence-corrected chi connectivity index (χ1v) is 5.62. The number of H-pyrrole nitrogens is 2. The summed E-state index contributed by atoms with van der Waals surface area (Å²) in [5.41, 5.74) is 2.16. The maximum atomic E-state index is 4.89. The number of thiol groups is 1. The fraction of sp³-hybridized carbons (Fsp3) is 0.0909. The predicted octanol–water partition coefficient (Wildman–Crippen LogP) is 2.99. The number of aromatic amines is 2. The summed E-state index contributed by atoms with van der Waals surface area (Å²) in [4.78, 5) is 5.05. The summed E-state index contributed by atoms with van der Waals surface area (Å²) in [5.74, 6) is 0.823. The van der Waals surface area contributed by atoms with E-state index >= 15 is 0 Å². The average Bonchev–Trinajstić information content (AvgIpc) is 2.64. The zero-order valence-electron chi connectivity index (χ0n) is 8.53. The van der Waals surface area contributed by atoms with E-state index in [0.717, 1.165) is 21.8 Å². The van der Waals surface area contributed by atoms with E-state index in [1.54, 1.807) is 6.08 Å². The van der Waals surface area contributed by atoms with Crippen LogP contribution in [0.1, 0.15) is 17.0 Å². The van der Waals surface area contributed by atoms with Crippen LogP contribution in [0.15, 0.2) is 29.7 Å². The van der Waals surface area contributed by atoms with Crippen LogP contribution in [0.4, 0.5) is 0 Å². The van der Waals surface area contributed by atoms with E-state index in [1.807, 2.05) is 18.2 Å². The molecule has 0 spiro atoms. The van der Waals surface area contributed by atoms with Crippen molar-refractivity contribution in [2.24, 2.45) is 0 Å². The maximum Gasteiger partial charge on any atom is 0.213 e. The molecule has 5 heteroatoms. The Hall–Kier alpha value is -1.33. The topological polar surface area (TPSA) is 44.5 Å². The number of rotatable bonds is 3. The lowest BCUT2D eigenvalue weighted by molar-refractivity contribution is 0.968. The first-order valence-electron chi connectivity index (χ1n) is 4.77. The molecule has 2 N–H and O–H groups in total. The van der Waals surface area contributed by atoms with Gasteiger partial charge in [-0.1, -0.05) is 24.8 Å². The Morgan fingerprint density at radius 2 is 2.25 bits per heavy atom. The van der Waals surface area contributed by atoms with Gasteiger partial charge in [0.15, 0.2) is 0 Å². The fourth-order valence-corrected chi connectivity index (χ4v) is 1.95. The third-order valence-electron chi connectivity index (χ3n) is 2.24. The van der Waals surface area contributed by atoms with Gasteiger partial charge in [0.2, 0.25) is 4.77 Å². The molecule has 2 aromatic rings. The summed E-state index contributed by atoms with van der Waals surface area (Å²) in [7, 11) is 0. The van der Waals surface area contributed by atoms with E-state index in [9.17, 15) is 0 Å². The van der Waals surface area contributed by atoms with Crippen molar-refractivity contribution < 1.29 is 0 Å². The molecular weight excluding hydrogens is 238 g/mol. The van der Waals surface area contributed by atoms with Crippen LogP contribution in [-0.2, 0) is 6.42 Å². The lowest BCUT2D eigenvalue weighted by atomic mass is 10.1. The van der Waals surface area contributed by atoms with E-state index in [-0.39, 0.29) is 0 Å². The van der Waals surface area contributed by atoms with Crippen LogP contribution >= 0.6 is 24.8 Å². The molecule has 0 aliphatic rings. The van der Waals surface area contributed by atoms with Gasteiger partial charge in [0.05, 0.1) is 0 Å². The van der Waals surface area contributed by atoms with Crippen LogP contribution in [-0.4, -0.2) is 15.2 Å². The van der Waals surface area contributed by atoms with Crippen LogP contribution < -0.4 is 0 Å². The first kappa shape index (κ1) is 11.2. The van der Waals surface area contributed by atoms with Gasteiger partial charge in [0.25, 0.3) is 0 Å². The Kier molecular flexibility index (Phi) is 3.26. The van der Waals surface area contributed by atoms with Crippen LogP contribution in [0, 0.1) is 4.77 Å². The molecule has 0 aliphatic carbocycles. The van der Waals surface area contributed by atoms with Gasteiger partial charge in [-0.2, -0.15) is 0 Å². The summed E-state index contributed by atoms with van der Waals surface area (Å²) in [6.45, 7) is 3.72. The van der Waals surface area contributed by atoms with Gasteiger partial charge >= 0.3 is 0 Å². The number of nitrogens with one attached hydrogen (secondary N) is 2. The number of hydrogen-bond acceptors (Lipinski definition) is 3. The molecule has 1 aromatic carbocycles. The predicted molar refractivity (Wildman–Crippen MR) is 70.4 cm³/mol. The van der Waals surface area contributed by atoms with Gasteiger partial charge in [0, 0.05) is 11.3 Å². The number of benzene rings is 1. The monoisotopic (exact) mass is 249 g/mol. The molecule has 16 heavy (non-hydrogen) atoms. The van der Waals surface area contributed by atoms with Crippen molar-refractivity contribution in [2.45, 2.75) is 11.3 Å². The quantitative estimate of drug-likeness (QED) is 0.578. The second-order valence-corrected chi connectivity index (χ2v) is 4.26. The number of aromatic nitrogens is 3. The molecule has 0 amide bonds. The molecule has 0 unspecified atom stereocenters. The SMILES string of the molecule is C=Cc1ccc(Cc2nc(=S)[nH][nH]2)cc1S. The van der Waals surface area contributed by atoms with Gasteiger partial charge in [0.1, 0.15) is 5.82 Å². The fourth-order valence-electron chi connectivity index (χ4n) is 1.45. The second-order valence-electron chi connectivity index (χ2n) is 3.39. The number of hydrogen-bond donors (Lipinski definition) is 3. The van der Waals surface area contributed by atoms with Crippen LogP contribution in [0.5, 0.6) is 0 Å². The van der Waals surface area contributed by atoms with E-state index in [0.29, 0.717) is 11.2 Å². The Bertz CT molecular complexity index is 569. The molecule has 0 aliphatic heterocycles. The molecule has 0 fully saturated rings. The highest BCUT2D eigenvalue weighted by atomic mass is 32.1. The molecule has 1 aromatic heterocycles. The van der Waals surface area contributed by atoms with Gasteiger partial charge in [-0.15, -0.1) is 12.6 Å². The lowest BCUT2D eigenvalue weighted by Crippen LogP contribution is -1.91. The van der Waals surface area contributed by atoms with E-state index in [2.05, 4.69) is 34.4 Å². The van der Waals surface area contributed by atoms with Crippen molar-refractivity contribution >= 4 is 30.9 Å². The van der Waals surface area contributed by atoms with Crippen LogP contribution in [0.25, 0.3) is 6.08 Å². The maximum absolute atomic E-state index is 4.89. The van der Waals surface area contributed by atoms with Crippen LogP contribution in [0.2, 0.25) is 0 Å². The van der Waals surface area contributed by atoms with Crippen molar-refractivity contribution in [3.63, 3.8) is 0 Å². The van der Waals surface area contributed by atoms with E-state index in [1.165, 1.54) is 0 Å². The molecule has 0 radical (unpaired) electrons. The molecule has 82 valence electrons. The minimum Gasteiger partial charge on any atom is -0.285 e. The van der Waals surface area contributed by atoms with Crippen molar-refractivity contribution in [2.75, 3.05) is 0 Å². The summed E-state index contributed by atoms with van der Waals surface area (Å²) in [6, 6.07) is 6.03.